The molecule has 0 aromatic heterocycles. The molecule has 0 amide bonds. The van der Waals surface area contributed by atoms with Gasteiger partial charge < -0.3 is 5.32 Å². The lowest BCUT2D eigenvalue weighted by atomic mass is 10.1. The molecule has 4 heteroatoms. The number of rotatable bonds is 6. The normalized spacial score (nSPS) is 17.8. The van der Waals surface area contributed by atoms with E-state index in [-0.39, 0.29) is 0 Å². The maximum atomic E-state index is 11.3. The summed E-state index contributed by atoms with van der Waals surface area (Å²) in [5.41, 5.74) is 2.69. The SMILES string of the molecule is CC(C)CNCc1ccc(CN2CCS(=O)CC2)cc1. The Kier molecular flexibility index (Phi) is 6.20. The van der Waals surface area contributed by atoms with E-state index < -0.39 is 10.8 Å². The standard InChI is InChI=1S/C16H26N2OS/c1-14(2)11-17-12-15-3-5-16(6-4-15)13-18-7-9-20(19)10-8-18/h3-6,14,17H,7-13H2,1-2H3. The molecular formula is C16H26N2OS. The van der Waals surface area contributed by atoms with Gasteiger partial charge in [-0.25, -0.2) is 0 Å². The summed E-state index contributed by atoms with van der Waals surface area (Å²) in [7, 11) is -0.580. The number of nitrogens with zero attached hydrogens (tertiary/aromatic N) is 1. The van der Waals surface area contributed by atoms with Crippen molar-refractivity contribution in [2.75, 3.05) is 31.1 Å². The second-order valence-electron chi connectivity index (χ2n) is 5.97. The molecule has 1 aromatic carbocycles. The third-order valence-corrected chi connectivity index (χ3v) is 4.86. The fourth-order valence-electron chi connectivity index (χ4n) is 2.36. The predicted octanol–water partition coefficient (Wildman–Crippen LogP) is 2.00. The Labute approximate surface area is 125 Å². The van der Waals surface area contributed by atoms with Gasteiger partial charge in [-0.3, -0.25) is 9.11 Å². The van der Waals surface area contributed by atoms with E-state index in [1.807, 2.05) is 0 Å². The molecule has 0 radical (unpaired) electrons. The van der Waals surface area contributed by atoms with E-state index >= 15 is 0 Å². The zero-order chi connectivity index (χ0) is 14.4. The summed E-state index contributed by atoms with van der Waals surface area (Å²) < 4.78 is 11.3. The highest BCUT2D eigenvalue weighted by molar-refractivity contribution is 7.85. The van der Waals surface area contributed by atoms with Crippen LogP contribution in [0.5, 0.6) is 0 Å². The van der Waals surface area contributed by atoms with Crippen molar-refractivity contribution in [1.29, 1.82) is 0 Å². The van der Waals surface area contributed by atoms with E-state index in [4.69, 9.17) is 0 Å². The fraction of sp³-hybridized carbons (Fsp3) is 0.625. The summed E-state index contributed by atoms with van der Waals surface area (Å²) in [4.78, 5) is 2.40. The van der Waals surface area contributed by atoms with Crippen LogP contribution < -0.4 is 5.32 Å². The van der Waals surface area contributed by atoms with Crippen LogP contribution in [0.4, 0.5) is 0 Å². The lowest BCUT2D eigenvalue weighted by Crippen LogP contribution is -2.37. The van der Waals surface area contributed by atoms with Crippen LogP contribution in [-0.4, -0.2) is 40.2 Å². The summed E-state index contributed by atoms with van der Waals surface area (Å²) >= 11 is 0. The van der Waals surface area contributed by atoms with E-state index in [1.54, 1.807) is 0 Å². The Bertz CT molecular complexity index is 421. The Morgan fingerprint density at radius 3 is 2.35 bits per heavy atom. The zero-order valence-electron chi connectivity index (χ0n) is 12.6. The van der Waals surface area contributed by atoms with Crippen molar-refractivity contribution in [3.05, 3.63) is 35.4 Å². The molecule has 3 nitrogen and oxygen atoms in total. The van der Waals surface area contributed by atoms with Crippen molar-refractivity contribution in [3.63, 3.8) is 0 Å². The maximum Gasteiger partial charge on any atom is 0.0363 e. The average molecular weight is 294 g/mol. The quantitative estimate of drug-likeness (QED) is 0.871. The summed E-state index contributed by atoms with van der Waals surface area (Å²) in [5.74, 6) is 2.35. The number of hydrogen-bond donors (Lipinski definition) is 1. The minimum absolute atomic E-state index is 0.580. The van der Waals surface area contributed by atoms with E-state index in [1.165, 1.54) is 11.1 Å². The molecule has 1 aliphatic rings. The summed E-state index contributed by atoms with van der Waals surface area (Å²) in [6, 6.07) is 8.87. The van der Waals surface area contributed by atoms with E-state index in [0.717, 1.165) is 44.2 Å². The van der Waals surface area contributed by atoms with Crippen LogP contribution in [0.2, 0.25) is 0 Å². The minimum Gasteiger partial charge on any atom is -0.312 e. The molecule has 1 N–H and O–H groups in total. The second kappa shape index (κ2) is 7.91. The summed E-state index contributed by atoms with van der Waals surface area (Å²) in [6.07, 6.45) is 0. The van der Waals surface area contributed by atoms with Gasteiger partial charge >= 0.3 is 0 Å². The first-order chi connectivity index (χ1) is 9.63. The Morgan fingerprint density at radius 2 is 1.75 bits per heavy atom. The van der Waals surface area contributed by atoms with Crippen molar-refractivity contribution >= 4 is 10.8 Å². The predicted molar refractivity (Wildman–Crippen MR) is 86.1 cm³/mol. The maximum absolute atomic E-state index is 11.3. The molecule has 0 bridgehead atoms. The van der Waals surface area contributed by atoms with Gasteiger partial charge in [0.1, 0.15) is 0 Å². The van der Waals surface area contributed by atoms with Crippen LogP contribution in [0.1, 0.15) is 25.0 Å². The Hall–Kier alpha value is -0.710. The number of benzene rings is 1. The van der Waals surface area contributed by atoms with Gasteiger partial charge in [0.2, 0.25) is 0 Å². The molecule has 2 rings (SSSR count). The van der Waals surface area contributed by atoms with Crippen molar-refractivity contribution in [3.8, 4) is 0 Å². The van der Waals surface area contributed by atoms with Gasteiger partial charge in [0, 0.05) is 48.5 Å². The third kappa shape index (κ3) is 5.35. The third-order valence-electron chi connectivity index (χ3n) is 3.58. The molecular weight excluding hydrogens is 268 g/mol. The molecule has 1 aromatic rings. The summed E-state index contributed by atoms with van der Waals surface area (Å²) in [5, 5.41) is 3.46. The molecule has 1 heterocycles. The highest BCUT2D eigenvalue weighted by Gasteiger charge is 2.14. The van der Waals surface area contributed by atoms with Gasteiger partial charge in [0.25, 0.3) is 0 Å². The van der Waals surface area contributed by atoms with Crippen LogP contribution >= 0.6 is 0 Å². The monoisotopic (exact) mass is 294 g/mol. The molecule has 0 spiro atoms. The first kappa shape index (κ1) is 15.7. The first-order valence-electron chi connectivity index (χ1n) is 7.49. The van der Waals surface area contributed by atoms with E-state index in [2.05, 4.69) is 48.3 Å². The molecule has 1 aliphatic heterocycles. The Morgan fingerprint density at radius 1 is 1.15 bits per heavy atom. The molecule has 0 atom stereocenters. The number of nitrogens with one attached hydrogen (secondary N) is 1. The molecule has 112 valence electrons. The minimum atomic E-state index is -0.580. The van der Waals surface area contributed by atoms with Crippen LogP contribution in [0.25, 0.3) is 0 Å². The molecule has 0 unspecified atom stereocenters. The molecule has 1 fully saturated rings. The van der Waals surface area contributed by atoms with Crippen molar-refractivity contribution in [1.82, 2.24) is 10.2 Å². The van der Waals surface area contributed by atoms with Crippen LogP contribution in [0, 0.1) is 5.92 Å². The molecule has 1 saturated heterocycles. The summed E-state index contributed by atoms with van der Waals surface area (Å²) in [6.45, 7) is 9.36. The lowest BCUT2D eigenvalue weighted by molar-refractivity contribution is 0.291. The lowest BCUT2D eigenvalue weighted by Gasteiger charge is -2.26. The van der Waals surface area contributed by atoms with Crippen LogP contribution in [0.3, 0.4) is 0 Å². The average Bonchev–Trinajstić information content (AvgIpc) is 2.43. The van der Waals surface area contributed by atoms with Gasteiger partial charge in [0.15, 0.2) is 0 Å². The van der Waals surface area contributed by atoms with Gasteiger partial charge in [-0.15, -0.1) is 0 Å². The van der Waals surface area contributed by atoms with E-state index in [9.17, 15) is 4.21 Å². The van der Waals surface area contributed by atoms with Crippen molar-refractivity contribution < 1.29 is 4.21 Å². The first-order valence-corrected chi connectivity index (χ1v) is 8.98. The van der Waals surface area contributed by atoms with Crippen molar-refractivity contribution in [2.45, 2.75) is 26.9 Å². The van der Waals surface area contributed by atoms with Gasteiger partial charge in [-0.2, -0.15) is 0 Å². The molecule has 0 saturated carbocycles. The smallest absolute Gasteiger partial charge is 0.0363 e. The topological polar surface area (TPSA) is 32.3 Å². The zero-order valence-corrected chi connectivity index (χ0v) is 13.4. The fourth-order valence-corrected chi connectivity index (χ4v) is 3.49. The highest BCUT2D eigenvalue weighted by atomic mass is 32.2. The Balaban J connectivity index is 1.77. The molecule has 20 heavy (non-hydrogen) atoms. The van der Waals surface area contributed by atoms with E-state index in [0.29, 0.717) is 5.92 Å². The largest absolute Gasteiger partial charge is 0.312 e. The van der Waals surface area contributed by atoms with Gasteiger partial charge in [-0.1, -0.05) is 38.1 Å². The second-order valence-corrected chi connectivity index (χ2v) is 7.66. The van der Waals surface area contributed by atoms with Crippen molar-refractivity contribution in [2.24, 2.45) is 5.92 Å². The highest BCUT2D eigenvalue weighted by Crippen LogP contribution is 2.10. The van der Waals surface area contributed by atoms with Crippen LogP contribution in [-0.2, 0) is 23.9 Å². The van der Waals surface area contributed by atoms with Crippen LogP contribution in [0.15, 0.2) is 24.3 Å². The molecule has 0 aliphatic carbocycles. The van der Waals surface area contributed by atoms with Gasteiger partial charge in [-0.05, 0) is 23.6 Å². The number of hydrogen-bond acceptors (Lipinski definition) is 3. The van der Waals surface area contributed by atoms with Gasteiger partial charge in [0.05, 0.1) is 0 Å².